The largest absolute Gasteiger partial charge is 0.493 e. The number of nitrogens with zero attached hydrogens (tertiary/aromatic N) is 2. The second-order valence-corrected chi connectivity index (χ2v) is 13.5. The summed E-state index contributed by atoms with van der Waals surface area (Å²) in [6.07, 6.45) is 5.20. The lowest BCUT2D eigenvalue weighted by Gasteiger charge is -2.34. The van der Waals surface area contributed by atoms with Gasteiger partial charge in [-0.2, -0.15) is 0 Å². The summed E-state index contributed by atoms with van der Waals surface area (Å²) in [5.41, 5.74) is 1.93. The van der Waals surface area contributed by atoms with E-state index in [-0.39, 0.29) is 30.6 Å². The van der Waals surface area contributed by atoms with Gasteiger partial charge in [-0.3, -0.25) is 13.9 Å². The Morgan fingerprint density at radius 2 is 1.60 bits per heavy atom. The number of rotatable bonds is 13. The van der Waals surface area contributed by atoms with Gasteiger partial charge in [-0.1, -0.05) is 71.2 Å². The van der Waals surface area contributed by atoms with Crippen molar-refractivity contribution in [1.82, 2.24) is 10.2 Å². The maximum atomic E-state index is 14.3. The van der Waals surface area contributed by atoms with E-state index in [1.54, 1.807) is 12.1 Å². The van der Waals surface area contributed by atoms with Crippen LogP contribution in [0.2, 0.25) is 0 Å². The second-order valence-electron chi connectivity index (χ2n) is 10.7. The molecule has 43 heavy (non-hydrogen) atoms. The van der Waals surface area contributed by atoms with Crippen LogP contribution < -0.4 is 19.1 Å². The van der Waals surface area contributed by atoms with Crippen molar-refractivity contribution >= 4 is 43.5 Å². The predicted octanol–water partition coefficient (Wildman–Crippen LogP) is 4.93. The van der Waals surface area contributed by atoms with Gasteiger partial charge in [-0.05, 0) is 48.2 Å². The lowest BCUT2D eigenvalue weighted by molar-refractivity contribution is -0.140. The molecule has 0 radical (unpaired) electrons. The van der Waals surface area contributed by atoms with Gasteiger partial charge in [-0.15, -0.1) is 0 Å². The van der Waals surface area contributed by atoms with Gasteiger partial charge < -0.3 is 19.7 Å². The molecule has 0 saturated heterocycles. The zero-order chi connectivity index (χ0) is 31.0. The number of halogens is 1. The fraction of sp³-hybridized carbons (Fsp3) is 0.375. The standard InChI is InChI=1S/C32H38BrN3O6S/c1-41-29-17-16-27(20-30(29)42-2)36(43(3,39)40)22-31(37)35(21-24-12-9-13-25(33)18-24)28(19-23-10-5-4-6-11-23)32(38)34-26-14-7-8-15-26/h4-6,9-13,16-18,20,26,28H,7-8,14-15,19,21-22H2,1-3H3,(H,34,38)/t28-/m0/s1. The van der Waals surface area contributed by atoms with Gasteiger partial charge in [-0.25, -0.2) is 8.42 Å². The smallest absolute Gasteiger partial charge is 0.244 e. The molecule has 1 N–H and O–H groups in total. The van der Waals surface area contributed by atoms with Crippen LogP contribution in [-0.2, 0) is 32.6 Å². The molecule has 0 unspecified atom stereocenters. The van der Waals surface area contributed by atoms with Crippen LogP contribution in [0.3, 0.4) is 0 Å². The Balaban J connectivity index is 1.74. The van der Waals surface area contributed by atoms with Crippen molar-refractivity contribution in [3.8, 4) is 11.5 Å². The number of anilines is 1. The molecule has 0 aromatic heterocycles. The fourth-order valence-corrected chi connectivity index (χ4v) is 6.64. The summed E-state index contributed by atoms with van der Waals surface area (Å²) in [7, 11) is -0.975. The van der Waals surface area contributed by atoms with Crippen LogP contribution in [0, 0.1) is 0 Å². The Kier molecular flexibility index (Phi) is 11.1. The number of amides is 2. The van der Waals surface area contributed by atoms with Gasteiger partial charge in [0.05, 0.1) is 26.2 Å². The molecule has 4 rings (SSSR count). The minimum absolute atomic E-state index is 0.0490. The van der Waals surface area contributed by atoms with Gasteiger partial charge >= 0.3 is 0 Å². The maximum absolute atomic E-state index is 14.3. The molecular weight excluding hydrogens is 634 g/mol. The average Bonchev–Trinajstić information content (AvgIpc) is 3.50. The van der Waals surface area contributed by atoms with Gasteiger partial charge in [0.1, 0.15) is 12.6 Å². The number of nitrogens with one attached hydrogen (secondary N) is 1. The summed E-state index contributed by atoms with van der Waals surface area (Å²) >= 11 is 3.50. The third-order valence-electron chi connectivity index (χ3n) is 7.55. The fourth-order valence-electron chi connectivity index (χ4n) is 5.35. The highest BCUT2D eigenvalue weighted by atomic mass is 79.9. The lowest BCUT2D eigenvalue weighted by Crippen LogP contribution is -2.54. The van der Waals surface area contributed by atoms with Crippen LogP contribution in [0.15, 0.2) is 77.3 Å². The summed E-state index contributed by atoms with van der Waals surface area (Å²) in [6, 6.07) is 20.9. The number of ether oxygens (including phenoxy) is 2. The Morgan fingerprint density at radius 3 is 2.23 bits per heavy atom. The summed E-state index contributed by atoms with van der Waals surface area (Å²) in [5, 5.41) is 3.17. The molecule has 11 heteroatoms. The Labute approximate surface area is 262 Å². The lowest BCUT2D eigenvalue weighted by atomic mass is 10.0. The van der Waals surface area contributed by atoms with Crippen LogP contribution in [0.1, 0.15) is 36.8 Å². The molecule has 3 aromatic carbocycles. The van der Waals surface area contributed by atoms with Crippen LogP contribution >= 0.6 is 15.9 Å². The normalized spacial score (nSPS) is 14.1. The van der Waals surface area contributed by atoms with Crippen molar-refractivity contribution in [3.05, 3.63) is 88.4 Å². The third kappa shape index (κ3) is 8.73. The van der Waals surface area contributed by atoms with Crippen LogP contribution in [0.25, 0.3) is 0 Å². The number of carbonyl (C=O) groups excluding carboxylic acids is 2. The van der Waals surface area contributed by atoms with E-state index in [4.69, 9.17) is 9.47 Å². The number of hydrogen-bond donors (Lipinski definition) is 1. The SMILES string of the molecule is COc1ccc(N(CC(=O)N(Cc2cccc(Br)c2)[C@@H](Cc2ccccc2)C(=O)NC2CCCC2)S(C)(=O)=O)cc1OC. The molecular formula is C32H38BrN3O6S. The highest BCUT2D eigenvalue weighted by molar-refractivity contribution is 9.10. The van der Waals surface area contributed by atoms with Crippen molar-refractivity contribution in [3.63, 3.8) is 0 Å². The monoisotopic (exact) mass is 671 g/mol. The van der Waals surface area contributed by atoms with E-state index in [0.717, 1.165) is 51.8 Å². The highest BCUT2D eigenvalue weighted by Crippen LogP contribution is 2.32. The molecule has 230 valence electrons. The topological polar surface area (TPSA) is 105 Å². The van der Waals surface area contributed by atoms with Gasteiger partial charge in [0.2, 0.25) is 21.8 Å². The molecule has 1 atom stereocenters. The van der Waals surface area contributed by atoms with Gasteiger partial charge in [0, 0.05) is 29.5 Å². The molecule has 1 aliphatic carbocycles. The third-order valence-corrected chi connectivity index (χ3v) is 9.18. The molecule has 1 aliphatic rings. The number of hydrogen-bond acceptors (Lipinski definition) is 6. The van der Waals surface area contributed by atoms with E-state index in [0.29, 0.717) is 11.5 Å². The molecule has 1 saturated carbocycles. The molecule has 0 bridgehead atoms. The van der Waals surface area contributed by atoms with Crippen molar-refractivity contribution in [2.45, 2.75) is 50.7 Å². The molecule has 0 heterocycles. The first-order valence-electron chi connectivity index (χ1n) is 14.2. The quantitative estimate of drug-likeness (QED) is 0.276. The number of carbonyl (C=O) groups is 2. The Hall–Kier alpha value is -3.57. The molecule has 0 spiro atoms. The number of methoxy groups -OCH3 is 2. The maximum Gasteiger partial charge on any atom is 0.244 e. The van der Waals surface area contributed by atoms with E-state index in [1.165, 1.54) is 25.2 Å². The first kappa shape index (κ1) is 32.3. The predicted molar refractivity (Wildman–Crippen MR) is 171 cm³/mol. The molecule has 9 nitrogen and oxygen atoms in total. The first-order chi connectivity index (χ1) is 20.6. The highest BCUT2D eigenvalue weighted by Gasteiger charge is 2.34. The van der Waals surface area contributed by atoms with E-state index >= 15 is 0 Å². The van der Waals surface area contributed by atoms with Crippen molar-refractivity contribution in [2.75, 3.05) is 31.3 Å². The van der Waals surface area contributed by atoms with Crippen molar-refractivity contribution in [2.24, 2.45) is 0 Å². The number of benzene rings is 3. The van der Waals surface area contributed by atoms with Crippen LogP contribution in [-0.4, -0.2) is 64.2 Å². The summed E-state index contributed by atoms with van der Waals surface area (Å²) < 4.78 is 38.7. The first-order valence-corrected chi connectivity index (χ1v) is 16.8. The zero-order valence-corrected chi connectivity index (χ0v) is 27.1. The van der Waals surface area contributed by atoms with Crippen LogP contribution in [0.5, 0.6) is 11.5 Å². The summed E-state index contributed by atoms with van der Waals surface area (Å²) in [5.74, 6) is -0.0161. The molecule has 2 amide bonds. The van der Waals surface area contributed by atoms with Crippen LogP contribution in [0.4, 0.5) is 5.69 Å². The minimum atomic E-state index is -3.91. The van der Waals surface area contributed by atoms with E-state index in [1.807, 2.05) is 54.6 Å². The zero-order valence-electron chi connectivity index (χ0n) is 24.7. The van der Waals surface area contributed by atoms with Crippen molar-refractivity contribution < 1.29 is 27.5 Å². The number of sulfonamides is 1. The molecule has 0 aliphatic heterocycles. The van der Waals surface area contributed by atoms with Crippen molar-refractivity contribution in [1.29, 1.82) is 0 Å². The van der Waals surface area contributed by atoms with E-state index < -0.39 is 28.5 Å². The van der Waals surface area contributed by atoms with Gasteiger partial charge in [0.25, 0.3) is 0 Å². The average molecular weight is 673 g/mol. The summed E-state index contributed by atoms with van der Waals surface area (Å²) in [4.78, 5) is 29.7. The Morgan fingerprint density at radius 1 is 0.930 bits per heavy atom. The summed E-state index contributed by atoms with van der Waals surface area (Å²) in [6.45, 7) is -0.401. The van der Waals surface area contributed by atoms with E-state index in [2.05, 4.69) is 21.2 Å². The minimum Gasteiger partial charge on any atom is -0.493 e. The molecule has 3 aromatic rings. The van der Waals surface area contributed by atoms with E-state index in [9.17, 15) is 18.0 Å². The Bertz CT molecular complexity index is 1510. The second kappa shape index (κ2) is 14.7. The molecule has 1 fully saturated rings. The van der Waals surface area contributed by atoms with Gasteiger partial charge in [0.15, 0.2) is 11.5 Å².